The highest BCUT2D eigenvalue weighted by molar-refractivity contribution is 7.08. The molecule has 0 aromatic carbocycles. The van der Waals surface area contributed by atoms with E-state index in [4.69, 9.17) is 0 Å². The lowest BCUT2D eigenvalue weighted by molar-refractivity contribution is -0.121. The van der Waals surface area contributed by atoms with Crippen molar-refractivity contribution in [3.05, 3.63) is 22.4 Å². The summed E-state index contributed by atoms with van der Waals surface area (Å²) in [5.41, 5.74) is 0.842. The van der Waals surface area contributed by atoms with Gasteiger partial charge in [-0.3, -0.25) is 14.5 Å². The summed E-state index contributed by atoms with van der Waals surface area (Å²) in [6, 6.07) is 2.89. The van der Waals surface area contributed by atoms with E-state index >= 15 is 0 Å². The van der Waals surface area contributed by atoms with E-state index in [1.165, 1.54) is 51.6 Å². The number of carbonyl (C=O) groups excluding carboxylic acids is 2. The largest absolute Gasteiger partial charge is 0.356 e. The van der Waals surface area contributed by atoms with Crippen LogP contribution in [0, 0.1) is 17.8 Å². The molecule has 4 heterocycles. The number of thiophene rings is 1. The number of piperidine rings is 3. The van der Waals surface area contributed by atoms with Crippen molar-refractivity contribution in [2.24, 2.45) is 17.8 Å². The summed E-state index contributed by atoms with van der Waals surface area (Å²) >= 11 is 1.60. The highest BCUT2D eigenvalue weighted by Gasteiger charge is 2.49. The summed E-state index contributed by atoms with van der Waals surface area (Å²) in [4.78, 5) is 30.6. The number of nitrogens with one attached hydrogen (secondary N) is 1. The van der Waals surface area contributed by atoms with Gasteiger partial charge in [0.15, 0.2) is 0 Å². The standard InChI is InChI=1S/C24H35N3O2S/c28-22(25-14-17-8-9-17)7-1-6-21-20-5-3-12-26-11-2-4-18(23(20)26)15-27(21)24(29)19-10-13-30-16-19/h10,13,16-18,20-21,23H,1-9,11-12,14-15H2,(H,25,28)/t18-,20+,21+,23-/m0/s1. The van der Waals surface area contributed by atoms with Crippen LogP contribution in [0.1, 0.15) is 68.1 Å². The Balaban J connectivity index is 1.29. The second-order valence-electron chi connectivity index (χ2n) is 9.91. The quantitative estimate of drug-likeness (QED) is 0.718. The summed E-state index contributed by atoms with van der Waals surface area (Å²) in [6.45, 7) is 4.20. The summed E-state index contributed by atoms with van der Waals surface area (Å²) in [6.07, 6.45) is 9.94. The number of rotatable bonds is 7. The van der Waals surface area contributed by atoms with Crippen LogP contribution in [0.4, 0.5) is 0 Å². The van der Waals surface area contributed by atoms with E-state index in [2.05, 4.69) is 15.1 Å². The number of likely N-dealkylation sites (tertiary alicyclic amines) is 1. The van der Waals surface area contributed by atoms with E-state index in [0.717, 1.165) is 37.4 Å². The maximum Gasteiger partial charge on any atom is 0.254 e. The van der Waals surface area contributed by atoms with Gasteiger partial charge in [-0.05, 0) is 93.7 Å². The number of nitrogens with zero attached hydrogens (tertiary/aromatic N) is 2. The third-order valence-corrected chi connectivity index (χ3v) is 8.57. The fraction of sp³-hybridized carbons (Fsp3) is 0.750. The van der Waals surface area contributed by atoms with E-state index in [1.807, 2.05) is 16.8 Å². The Kier molecular flexibility index (Phi) is 6.15. The molecule has 0 unspecified atom stereocenters. The van der Waals surface area contributed by atoms with E-state index in [1.54, 1.807) is 11.3 Å². The minimum Gasteiger partial charge on any atom is -0.356 e. The van der Waals surface area contributed by atoms with Gasteiger partial charge in [0.05, 0.1) is 5.56 Å². The number of carbonyl (C=O) groups is 2. The van der Waals surface area contributed by atoms with Crippen molar-refractivity contribution in [1.82, 2.24) is 15.1 Å². The van der Waals surface area contributed by atoms with Crippen molar-refractivity contribution < 1.29 is 9.59 Å². The predicted octanol–water partition coefficient (Wildman–Crippen LogP) is 3.76. The van der Waals surface area contributed by atoms with Crippen molar-refractivity contribution >= 4 is 23.2 Å². The van der Waals surface area contributed by atoms with Crippen molar-refractivity contribution in [2.45, 2.75) is 69.9 Å². The monoisotopic (exact) mass is 429 g/mol. The maximum atomic E-state index is 13.4. The van der Waals surface area contributed by atoms with Gasteiger partial charge in [0.25, 0.3) is 5.91 Å². The molecule has 1 saturated carbocycles. The van der Waals surface area contributed by atoms with Crippen LogP contribution in [0.15, 0.2) is 16.8 Å². The van der Waals surface area contributed by atoms with Gasteiger partial charge in [0.1, 0.15) is 0 Å². The average Bonchev–Trinajstić information content (AvgIpc) is 3.44. The third-order valence-electron chi connectivity index (χ3n) is 7.89. The maximum absolute atomic E-state index is 13.4. The van der Waals surface area contributed by atoms with Crippen LogP contribution in [0.2, 0.25) is 0 Å². The first-order chi connectivity index (χ1) is 14.7. The molecule has 6 heteroatoms. The third kappa shape index (κ3) is 4.31. The van der Waals surface area contributed by atoms with Crippen molar-refractivity contribution in [1.29, 1.82) is 0 Å². The Morgan fingerprint density at radius 2 is 1.97 bits per heavy atom. The Hall–Kier alpha value is -1.40. The second-order valence-corrected chi connectivity index (χ2v) is 10.7. The van der Waals surface area contributed by atoms with E-state index in [9.17, 15) is 9.59 Å². The molecule has 1 aromatic heterocycles. The minimum atomic E-state index is 0.189. The Labute approximate surface area is 184 Å². The van der Waals surface area contributed by atoms with Gasteiger partial charge in [-0.2, -0.15) is 11.3 Å². The normalized spacial score (nSPS) is 31.3. The van der Waals surface area contributed by atoms with Crippen LogP contribution in [0.25, 0.3) is 0 Å². The van der Waals surface area contributed by atoms with Gasteiger partial charge in [-0.15, -0.1) is 0 Å². The van der Waals surface area contributed by atoms with Gasteiger partial charge in [0, 0.05) is 37.0 Å². The first kappa shape index (κ1) is 20.5. The van der Waals surface area contributed by atoms with E-state index in [-0.39, 0.29) is 17.9 Å². The van der Waals surface area contributed by atoms with Gasteiger partial charge in [-0.1, -0.05) is 0 Å². The summed E-state index contributed by atoms with van der Waals surface area (Å²) < 4.78 is 0. The van der Waals surface area contributed by atoms with E-state index in [0.29, 0.717) is 24.3 Å². The van der Waals surface area contributed by atoms with Crippen molar-refractivity contribution in [3.8, 4) is 0 Å². The molecule has 5 rings (SSSR count). The average molecular weight is 430 g/mol. The molecule has 1 N–H and O–H groups in total. The highest BCUT2D eigenvalue weighted by Crippen LogP contribution is 2.43. The molecular weight excluding hydrogens is 394 g/mol. The molecule has 4 fully saturated rings. The van der Waals surface area contributed by atoms with Gasteiger partial charge in [0.2, 0.25) is 5.91 Å². The zero-order valence-corrected chi connectivity index (χ0v) is 18.7. The first-order valence-corrected chi connectivity index (χ1v) is 13.0. The zero-order valence-electron chi connectivity index (χ0n) is 17.9. The first-order valence-electron chi connectivity index (χ1n) is 12.0. The van der Waals surface area contributed by atoms with Crippen molar-refractivity contribution in [3.63, 3.8) is 0 Å². The van der Waals surface area contributed by atoms with Gasteiger partial charge >= 0.3 is 0 Å². The van der Waals surface area contributed by atoms with Gasteiger partial charge < -0.3 is 10.2 Å². The van der Waals surface area contributed by atoms with Crippen LogP contribution in [0.5, 0.6) is 0 Å². The Bertz CT molecular complexity index is 746. The number of hydrogen-bond donors (Lipinski definition) is 1. The lowest BCUT2D eigenvalue weighted by Crippen LogP contribution is -2.65. The summed E-state index contributed by atoms with van der Waals surface area (Å²) in [5, 5.41) is 7.09. The summed E-state index contributed by atoms with van der Waals surface area (Å²) in [5.74, 6) is 2.30. The number of hydrogen-bond acceptors (Lipinski definition) is 4. The molecule has 0 radical (unpaired) electrons. The Morgan fingerprint density at radius 3 is 2.73 bits per heavy atom. The fourth-order valence-electron chi connectivity index (χ4n) is 6.29. The SMILES string of the molecule is O=C(CCC[C@@H]1[C@H]2CCCN3CCC[C@@H](CN1C(=O)c1ccsc1)[C@@H]23)NCC1CC1. The molecule has 3 saturated heterocycles. The minimum absolute atomic E-state index is 0.189. The smallest absolute Gasteiger partial charge is 0.254 e. The molecule has 0 bridgehead atoms. The molecule has 164 valence electrons. The van der Waals surface area contributed by atoms with Gasteiger partial charge in [-0.25, -0.2) is 0 Å². The molecule has 4 aliphatic rings. The molecule has 2 amide bonds. The van der Waals surface area contributed by atoms with Crippen molar-refractivity contribution in [2.75, 3.05) is 26.2 Å². The number of amides is 2. The molecule has 30 heavy (non-hydrogen) atoms. The Morgan fingerprint density at radius 1 is 1.13 bits per heavy atom. The molecule has 3 aliphatic heterocycles. The van der Waals surface area contributed by atoms with Crippen LogP contribution >= 0.6 is 11.3 Å². The van der Waals surface area contributed by atoms with Crippen LogP contribution in [-0.2, 0) is 4.79 Å². The predicted molar refractivity (Wildman–Crippen MR) is 120 cm³/mol. The van der Waals surface area contributed by atoms with Crippen LogP contribution in [-0.4, -0.2) is 59.9 Å². The molecule has 1 aromatic rings. The molecule has 0 spiro atoms. The topological polar surface area (TPSA) is 52.7 Å². The molecular formula is C24H35N3O2S. The molecule has 4 atom stereocenters. The molecule has 1 aliphatic carbocycles. The molecule has 5 nitrogen and oxygen atoms in total. The van der Waals surface area contributed by atoms with E-state index < -0.39 is 0 Å². The fourth-order valence-corrected chi connectivity index (χ4v) is 6.92. The lowest BCUT2D eigenvalue weighted by Gasteiger charge is -2.57. The lowest BCUT2D eigenvalue weighted by atomic mass is 9.69. The summed E-state index contributed by atoms with van der Waals surface area (Å²) in [7, 11) is 0. The zero-order chi connectivity index (χ0) is 20.5. The van der Waals surface area contributed by atoms with Crippen LogP contribution < -0.4 is 5.32 Å². The second kappa shape index (κ2) is 8.99. The van der Waals surface area contributed by atoms with Crippen LogP contribution in [0.3, 0.4) is 0 Å². The highest BCUT2D eigenvalue weighted by atomic mass is 32.1.